The molecule has 0 bridgehead atoms. The van der Waals surface area contributed by atoms with E-state index in [0.29, 0.717) is 11.2 Å². The SMILES string of the molecule is Fc1cc(-n2ncc(CBr)c2C2CC2)cc(F)c1F. The van der Waals surface area contributed by atoms with E-state index in [1.165, 1.54) is 4.68 Å². The summed E-state index contributed by atoms with van der Waals surface area (Å²) in [6.45, 7) is 0. The molecule has 1 fully saturated rings. The maximum atomic E-state index is 13.3. The van der Waals surface area contributed by atoms with Crippen molar-refractivity contribution >= 4 is 15.9 Å². The Morgan fingerprint density at radius 2 is 1.84 bits per heavy atom. The molecule has 1 aromatic carbocycles. The summed E-state index contributed by atoms with van der Waals surface area (Å²) in [6, 6.07) is 1.94. The highest BCUT2D eigenvalue weighted by Crippen LogP contribution is 2.43. The lowest BCUT2D eigenvalue weighted by atomic mass is 10.2. The van der Waals surface area contributed by atoms with Gasteiger partial charge in [0.25, 0.3) is 0 Å². The summed E-state index contributed by atoms with van der Waals surface area (Å²) in [4.78, 5) is 0. The Bertz CT molecular complexity index is 612. The largest absolute Gasteiger partial charge is 0.237 e. The predicted octanol–water partition coefficient (Wildman–Crippen LogP) is 4.06. The maximum Gasteiger partial charge on any atom is 0.194 e. The Balaban J connectivity index is 2.14. The van der Waals surface area contributed by atoms with Gasteiger partial charge in [0.05, 0.1) is 17.6 Å². The van der Waals surface area contributed by atoms with E-state index in [0.717, 1.165) is 36.2 Å². The van der Waals surface area contributed by atoms with E-state index in [1.807, 2.05) is 0 Å². The Labute approximate surface area is 116 Å². The van der Waals surface area contributed by atoms with E-state index in [9.17, 15) is 13.2 Å². The Morgan fingerprint density at radius 3 is 2.37 bits per heavy atom. The molecule has 0 N–H and O–H groups in total. The standard InChI is InChI=1S/C13H10BrF3N2/c14-5-8-6-18-19(13(8)7-1-2-7)9-3-10(15)12(17)11(16)4-9/h3-4,6-7H,1-2,5H2. The van der Waals surface area contributed by atoms with Gasteiger partial charge >= 0.3 is 0 Å². The van der Waals surface area contributed by atoms with Crippen LogP contribution in [0.15, 0.2) is 18.3 Å². The number of rotatable bonds is 3. The zero-order valence-corrected chi connectivity index (χ0v) is 11.4. The minimum Gasteiger partial charge on any atom is -0.237 e. The van der Waals surface area contributed by atoms with E-state index in [4.69, 9.17) is 0 Å². The first kappa shape index (κ1) is 12.7. The fourth-order valence-electron chi connectivity index (χ4n) is 2.16. The quantitative estimate of drug-likeness (QED) is 0.613. The molecule has 2 aromatic rings. The number of hydrogen-bond acceptors (Lipinski definition) is 1. The molecular formula is C13H10BrF3N2. The Morgan fingerprint density at radius 1 is 1.21 bits per heavy atom. The molecule has 1 saturated carbocycles. The monoisotopic (exact) mass is 330 g/mol. The summed E-state index contributed by atoms with van der Waals surface area (Å²) >= 11 is 3.37. The lowest BCUT2D eigenvalue weighted by Gasteiger charge is -2.09. The van der Waals surface area contributed by atoms with Gasteiger partial charge in [0.1, 0.15) is 0 Å². The molecule has 0 amide bonds. The molecule has 0 atom stereocenters. The number of hydrogen-bond donors (Lipinski definition) is 0. The van der Waals surface area contributed by atoms with Crippen LogP contribution in [0.3, 0.4) is 0 Å². The molecule has 1 aromatic heterocycles. The molecule has 19 heavy (non-hydrogen) atoms. The predicted molar refractivity (Wildman–Crippen MR) is 68.0 cm³/mol. The van der Waals surface area contributed by atoms with Crippen molar-refractivity contribution in [2.75, 3.05) is 0 Å². The fraction of sp³-hybridized carbons (Fsp3) is 0.308. The van der Waals surface area contributed by atoms with E-state index in [-0.39, 0.29) is 5.69 Å². The number of halogens is 4. The van der Waals surface area contributed by atoms with Crippen LogP contribution in [-0.2, 0) is 5.33 Å². The molecule has 6 heteroatoms. The number of nitrogens with zero attached hydrogens (tertiary/aromatic N) is 2. The van der Waals surface area contributed by atoms with Crippen LogP contribution >= 0.6 is 15.9 Å². The normalized spacial score (nSPS) is 14.9. The number of aromatic nitrogens is 2. The molecule has 3 rings (SSSR count). The summed E-state index contributed by atoms with van der Waals surface area (Å²) in [5.41, 5.74) is 2.15. The third kappa shape index (κ3) is 2.18. The van der Waals surface area contributed by atoms with Crippen molar-refractivity contribution in [2.45, 2.75) is 24.1 Å². The van der Waals surface area contributed by atoms with Crippen molar-refractivity contribution in [3.05, 3.63) is 47.0 Å². The molecule has 1 aliphatic carbocycles. The lowest BCUT2D eigenvalue weighted by Crippen LogP contribution is -2.05. The van der Waals surface area contributed by atoms with Crippen LogP contribution in [0, 0.1) is 17.5 Å². The smallest absolute Gasteiger partial charge is 0.194 e. The van der Waals surface area contributed by atoms with Crippen LogP contribution in [0.4, 0.5) is 13.2 Å². The van der Waals surface area contributed by atoms with Crippen molar-refractivity contribution in [1.29, 1.82) is 0 Å². The van der Waals surface area contributed by atoms with Crippen molar-refractivity contribution in [3.63, 3.8) is 0 Å². The summed E-state index contributed by atoms with van der Waals surface area (Å²) < 4.78 is 41.1. The van der Waals surface area contributed by atoms with Crippen LogP contribution in [0.5, 0.6) is 0 Å². The molecule has 0 unspecified atom stereocenters. The molecule has 1 heterocycles. The van der Waals surface area contributed by atoms with Gasteiger partial charge < -0.3 is 0 Å². The zero-order valence-electron chi connectivity index (χ0n) is 9.84. The minimum atomic E-state index is -1.45. The molecule has 100 valence electrons. The molecule has 0 spiro atoms. The van der Waals surface area contributed by atoms with Crippen LogP contribution in [0.25, 0.3) is 5.69 Å². The molecule has 2 nitrogen and oxygen atoms in total. The minimum absolute atomic E-state index is 0.213. The van der Waals surface area contributed by atoms with Crippen molar-refractivity contribution in [2.24, 2.45) is 0 Å². The second-order valence-electron chi connectivity index (χ2n) is 4.60. The van der Waals surface area contributed by atoms with E-state index >= 15 is 0 Å². The van der Waals surface area contributed by atoms with Crippen LogP contribution in [-0.4, -0.2) is 9.78 Å². The molecule has 0 saturated heterocycles. The highest BCUT2D eigenvalue weighted by molar-refractivity contribution is 9.08. The first-order valence-electron chi connectivity index (χ1n) is 5.89. The highest BCUT2D eigenvalue weighted by Gasteiger charge is 2.30. The van der Waals surface area contributed by atoms with Crippen LogP contribution in [0.2, 0.25) is 0 Å². The van der Waals surface area contributed by atoms with E-state index in [2.05, 4.69) is 21.0 Å². The average Bonchev–Trinajstić information content (AvgIpc) is 3.14. The summed E-state index contributed by atoms with van der Waals surface area (Å²) in [5.74, 6) is -3.49. The summed E-state index contributed by atoms with van der Waals surface area (Å²) in [7, 11) is 0. The van der Waals surface area contributed by atoms with Gasteiger partial charge in [-0.15, -0.1) is 0 Å². The van der Waals surface area contributed by atoms with Gasteiger partial charge in [0.2, 0.25) is 0 Å². The highest BCUT2D eigenvalue weighted by atomic mass is 79.9. The van der Waals surface area contributed by atoms with Crippen molar-refractivity contribution in [3.8, 4) is 5.69 Å². The summed E-state index contributed by atoms with van der Waals surface area (Å²) in [5, 5.41) is 4.79. The lowest BCUT2D eigenvalue weighted by molar-refractivity contribution is 0.445. The van der Waals surface area contributed by atoms with Crippen LogP contribution in [0.1, 0.15) is 30.0 Å². The second-order valence-corrected chi connectivity index (χ2v) is 5.16. The van der Waals surface area contributed by atoms with E-state index in [1.54, 1.807) is 6.20 Å². The van der Waals surface area contributed by atoms with Gasteiger partial charge in [0.15, 0.2) is 17.5 Å². The van der Waals surface area contributed by atoms with Gasteiger partial charge in [0, 0.05) is 28.9 Å². The molecule has 0 aliphatic heterocycles. The first-order valence-corrected chi connectivity index (χ1v) is 7.01. The Kier molecular flexibility index (Phi) is 3.12. The number of benzene rings is 1. The average molecular weight is 331 g/mol. The molecule has 1 aliphatic rings. The van der Waals surface area contributed by atoms with Gasteiger partial charge in [-0.3, -0.25) is 0 Å². The third-order valence-electron chi connectivity index (χ3n) is 3.21. The van der Waals surface area contributed by atoms with Gasteiger partial charge in [-0.05, 0) is 12.8 Å². The molecule has 0 radical (unpaired) electrons. The number of alkyl halides is 1. The van der Waals surface area contributed by atoms with Gasteiger partial charge in [-0.1, -0.05) is 15.9 Å². The van der Waals surface area contributed by atoms with E-state index < -0.39 is 17.5 Å². The van der Waals surface area contributed by atoms with Gasteiger partial charge in [-0.25, -0.2) is 17.9 Å². The zero-order chi connectivity index (χ0) is 13.6. The third-order valence-corrected chi connectivity index (χ3v) is 3.81. The maximum absolute atomic E-state index is 13.3. The van der Waals surface area contributed by atoms with Crippen LogP contribution < -0.4 is 0 Å². The fourth-order valence-corrected chi connectivity index (χ4v) is 2.59. The second kappa shape index (κ2) is 4.67. The van der Waals surface area contributed by atoms with Crippen molar-refractivity contribution in [1.82, 2.24) is 9.78 Å². The van der Waals surface area contributed by atoms with Gasteiger partial charge in [-0.2, -0.15) is 5.10 Å². The topological polar surface area (TPSA) is 17.8 Å². The summed E-state index contributed by atoms with van der Waals surface area (Å²) in [6.07, 6.45) is 3.75. The van der Waals surface area contributed by atoms with Crippen molar-refractivity contribution < 1.29 is 13.2 Å². The molecular weight excluding hydrogens is 321 g/mol. The Hall–Kier alpha value is -1.30. The first-order chi connectivity index (χ1) is 9.11.